The van der Waals surface area contributed by atoms with Crippen molar-refractivity contribution >= 4 is 45.9 Å². The Morgan fingerprint density at radius 3 is 1.81 bits per heavy atom. The Kier molecular flexibility index (Phi) is 4.97. The number of rotatable bonds is 1. The van der Waals surface area contributed by atoms with Crippen molar-refractivity contribution in [3.63, 3.8) is 0 Å². The third-order valence-corrected chi connectivity index (χ3v) is 5.25. The number of hydrogen-bond acceptors (Lipinski definition) is 2. The average Bonchev–Trinajstić information content (AvgIpc) is 3.53. The molecule has 0 fully saturated rings. The van der Waals surface area contributed by atoms with Crippen LogP contribution in [0.15, 0.2) is 78.9 Å². The van der Waals surface area contributed by atoms with Crippen molar-refractivity contribution in [2.45, 2.75) is 0 Å². The van der Waals surface area contributed by atoms with Gasteiger partial charge in [-0.15, -0.1) is 0 Å². The van der Waals surface area contributed by atoms with Gasteiger partial charge in [0.25, 0.3) is 0 Å². The number of fused-ring (bicyclic) bond motifs is 8. The van der Waals surface area contributed by atoms with E-state index in [1.54, 1.807) is 0 Å². The molecule has 0 spiro atoms. The minimum atomic E-state index is 0. The van der Waals surface area contributed by atoms with Crippen molar-refractivity contribution in [3.8, 4) is 0 Å². The number of H-pyrrole nitrogens is 2. The summed E-state index contributed by atoms with van der Waals surface area (Å²) in [7, 11) is 0. The van der Waals surface area contributed by atoms with Gasteiger partial charge in [-0.1, -0.05) is 30.3 Å². The van der Waals surface area contributed by atoms with Gasteiger partial charge in [-0.3, -0.25) is 0 Å². The van der Waals surface area contributed by atoms with Crippen LogP contribution in [0.1, 0.15) is 28.3 Å². The summed E-state index contributed by atoms with van der Waals surface area (Å²) < 4.78 is 0. The van der Waals surface area contributed by atoms with Gasteiger partial charge in [-0.05, 0) is 72.3 Å². The molecular formula is C26H18N4Zn. The van der Waals surface area contributed by atoms with Gasteiger partial charge >= 0.3 is 0 Å². The molecule has 6 rings (SSSR count). The predicted octanol–water partition coefficient (Wildman–Crippen LogP) is 6.07. The predicted molar refractivity (Wildman–Crippen MR) is 123 cm³/mol. The largest absolute Gasteiger partial charge is 0.355 e. The van der Waals surface area contributed by atoms with Crippen LogP contribution in [-0.2, 0) is 19.5 Å². The quantitative estimate of drug-likeness (QED) is 0.298. The maximum absolute atomic E-state index is 4.90. The van der Waals surface area contributed by atoms with Gasteiger partial charge < -0.3 is 9.97 Å². The SMILES string of the molecule is C1=Cc2cc3ccc(cc4ccc(cc5nc(cc1n2)C(c1ccccc1)=C5)[nH]4)[nH]3.[Zn]. The van der Waals surface area contributed by atoms with Gasteiger partial charge in [0.05, 0.1) is 22.8 Å². The molecule has 0 amide bonds. The minimum absolute atomic E-state index is 0. The fraction of sp³-hybridized carbons (Fsp3) is 0. The Labute approximate surface area is 192 Å². The summed E-state index contributed by atoms with van der Waals surface area (Å²) in [4.78, 5) is 16.5. The maximum Gasteiger partial charge on any atom is 0.0737 e. The Bertz CT molecular complexity index is 1490. The fourth-order valence-corrected chi connectivity index (χ4v) is 3.86. The fourth-order valence-electron chi connectivity index (χ4n) is 3.86. The van der Waals surface area contributed by atoms with Gasteiger partial charge in [-0.25, -0.2) is 9.97 Å². The Balaban J connectivity index is 0.00000204. The molecule has 5 heterocycles. The molecule has 2 aliphatic heterocycles. The van der Waals surface area contributed by atoms with Gasteiger partial charge in [0.2, 0.25) is 0 Å². The summed E-state index contributed by atoms with van der Waals surface area (Å²) in [5, 5.41) is 0. The first kappa shape index (κ1) is 19.4. The summed E-state index contributed by atoms with van der Waals surface area (Å²) in [6, 6.07) is 26.9. The van der Waals surface area contributed by atoms with E-state index in [0.717, 1.165) is 56.0 Å². The first-order valence-corrected chi connectivity index (χ1v) is 9.92. The topological polar surface area (TPSA) is 57.4 Å². The summed E-state index contributed by atoms with van der Waals surface area (Å²) >= 11 is 0. The second-order valence-corrected chi connectivity index (χ2v) is 7.46. The van der Waals surface area contributed by atoms with E-state index >= 15 is 0 Å². The normalized spacial score (nSPS) is 12.3. The molecule has 1 aromatic carbocycles. The van der Waals surface area contributed by atoms with Gasteiger partial charge in [0, 0.05) is 47.1 Å². The Hall–Kier alpha value is -3.56. The van der Waals surface area contributed by atoms with Crippen LogP contribution >= 0.6 is 0 Å². The molecule has 3 aromatic heterocycles. The average molecular weight is 452 g/mol. The van der Waals surface area contributed by atoms with Crippen LogP contribution in [-0.4, -0.2) is 19.9 Å². The van der Waals surface area contributed by atoms with E-state index in [0.29, 0.717) is 0 Å². The first-order valence-electron chi connectivity index (χ1n) is 9.92. The van der Waals surface area contributed by atoms with Crippen molar-refractivity contribution in [2.75, 3.05) is 0 Å². The number of aromatic amines is 2. The monoisotopic (exact) mass is 450 g/mol. The number of hydrogen-bond donors (Lipinski definition) is 2. The summed E-state index contributed by atoms with van der Waals surface area (Å²) in [6.07, 6.45) is 6.20. The van der Waals surface area contributed by atoms with Crippen LogP contribution in [0.5, 0.6) is 0 Å². The molecule has 0 saturated carbocycles. The zero-order valence-electron chi connectivity index (χ0n) is 16.8. The zero-order valence-corrected chi connectivity index (χ0v) is 19.8. The van der Waals surface area contributed by atoms with Crippen LogP contribution in [0, 0.1) is 0 Å². The number of aromatic nitrogens is 4. The van der Waals surface area contributed by atoms with Crippen molar-refractivity contribution in [3.05, 3.63) is 107 Å². The summed E-state index contributed by atoms with van der Waals surface area (Å²) in [6.45, 7) is 0. The molecule has 2 N–H and O–H groups in total. The maximum atomic E-state index is 4.90. The number of nitrogens with zero attached hydrogens (tertiary/aromatic N) is 2. The van der Waals surface area contributed by atoms with Crippen LogP contribution < -0.4 is 0 Å². The zero-order chi connectivity index (χ0) is 19.9. The third-order valence-electron chi connectivity index (χ3n) is 5.25. The first-order chi connectivity index (χ1) is 14.8. The number of nitrogens with one attached hydrogen (secondary N) is 2. The molecule has 4 aromatic rings. The van der Waals surface area contributed by atoms with E-state index in [4.69, 9.17) is 9.97 Å². The molecule has 8 bridgehead atoms. The molecule has 144 valence electrons. The minimum Gasteiger partial charge on any atom is -0.355 e. The molecule has 0 radical (unpaired) electrons. The van der Waals surface area contributed by atoms with E-state index in [1.165, 1.54) is 0 Å². The standard InChI is InChI=1S/C26H18N4.Zn/c1-2-4-17(5-3-1)25-15-24-14-22-9-8-20(28-22)12-18-6-7-19(27-18)13-21-10-11-23(29-21)16-26(25)30-24;/h1-16,27-28H;. The molecule has 0 atom stereocenters. The Morgan fingerprint density at radius 1 is 0.548 bits per heavy atom. The molecule has 0 aliphatic carbocycles. The number of benzene rings is 1. The van der Waals surface area contributed by atoms with E-state index in [9.17, 15) is 0 Å². The molecule has 31 heavy (non-hydrogen) atoms. The van der Waals surface area contributed by atoms with Crippen LogP contribution in [0.25, 0.3) is 45.9 Å². The van der Waals surface area contributed by atoms with Crippen LogP contribution in [0.3, 0.4) is 0 Å². The molecule has 0 saturated heterocycles. The van der Waals surface area contributed by atoms with Crippen molar-refractivity contribution in [2.24, 2.45) is 0 Å². The van der Waals surface area contributed by atoms with E-state index < -0.39 is 0 Å². The van der Waals surface area contributed by atoms with E-state index in [2.05, 4.69) is 88.8 Å². The smallest absolute Gasteiger partial charge is 0.0737 e. The third kappa shape index (κ3) is 3.93. The summed E-state index contributed by atoms with van der Waals surface area (Å²) in [5.74, 6) is 0. The van der Waals surface area contributed by atoms with E-state index in [1.807, 2.05) is 18.2 Å². The molecule has 5 heteroatoms. The summed E-state index contributed by atoms with van der Waals surface area (Å²) in [5.41, 5.74) is 10.0. The molecular weight excluding hydrogens is 434 g/mol. The van der Waals surface area contributed by atoms with Gasteiger partial charge in [0.15, 0.2) is 0 Å². The van der Waals surface area contributed by atoms with Crippen molar-refractivity contribution < 1.29 is 19.5 Å². The molecule has 2 aliphatic rings. The second kappa shape index (κ2) is 7.94. The van der Waals surface area contributed by atoms with Crippen molar-refractivity contribution in [1.82, 2.24) is 19.9 Å². The molecule has 4 nitrogen and oxygen atoms in total. The van der Waals surface area contributed by atoms with Gasteiger partial charge in [-0.2, -0.15) is 0 Å². The Morgan fingerprint density at radius 2 is 1.13 bits per heavy atom. The molecule has 0 unspecified atom stereocenters. The van der Waals surface area contributed by atoms with Gasteiger partial charge in [0.1, 0.15) is 0 Å². The second-order valence-electron chi connectivity index (χ2n) is 7.46. The van der Waals surface area contributed by atoms with Crippen LogP contribution in [0.4, 0.5) is 0 Å². The van der Waals surface area contributed by atoms with E-state index in [-0.39, 0.29) is 19.5 Å². The van der Waals surface area contributed by atoms with Crippen molar-refractivity contribution in [1.29, 1.82) is 0 Å². The van der Waals surface area contributed by atoms with Crippen LogP contribution in [0.2, 0.25) is 0 Å².